The molecule has 0 spiro atoms. The summed E-state index contributed by atoms with van der Waals surface area (Å²) in [6.45, 7) is 2.46. The van der Waals surface area contributed by atoms with Crippen molar-refractivity contribution >= 4 is 5.97 Å². The van der Waals surface area contributed by atoms with E-state index in [0.717, 1.165) is 0 Å². The Balaban J connectivity index is 2.04. The van der Waals surface area contributed by atoms with Crippen LogP contribution in [0.2, 0.25) is 0 Å². The molecule has 0 amide bonds. The van der Waals surface area contributed by atoms with Gasteiger partial charge < -0.3 is 9.84 Å². The van der Waals surface area contributed by atoms with E-state index in [2.05, 4.69) is 6.07 Å². The van der Waals surface area contributed by atoms with Gasteiger partial charge in [0.2, 0.25) is 5.76 Å². The molecular weight excluding hydrogens is 184 g/mol. The van der Waals surface area contributed by atoms with Crippen molar-refractivity contribution in [2.75, 3.05) is 6.54 Å². The van der Waals surface area contributed by atoms with Gasteiger partial charge in [0.15, 0.2) is 5.72 Å². The maximum absolute atomic E-state index is 10.6. The molecule has 3 unspecified atom stereocenters. The number of ether oxygens (including phenoxy) is 1. The van der Waals surface area contributed by atoms with Gasteiger partial charge >= 0.3 is 5.97 Å². The van der Waals surface area contributed by atoms with E-state index in [0.29, 0.717) is 13.0 Å². The van der Waals surface area contributed by atoms with Crippen LogP contribution in [0, 0.1) is 11.3 Å². The molecule has 0 saturated carbocycles. The number of aliphatic carboxylic acids is 1. The third kappa shape index (κ3) is 1.24. The van der Waals surface area contributed by atoms with Gasteiger partial charge in [0.1, 0.15) is 6.04 Å². The molecule has 0 aromatic heterocycles. The van der Waals surface area contributed by atoms with Crippen LogP contribution in [0.15, 0.2) is 11.8 Å². The number of hydrogen-bond donors (Lipinski definition) is 1. The Bertz CT molecular complexity index is 358. The Labute approximate surface area is 81.2 Å². The van der Waals surface area contributed by atoms with Gasteiger partial charge in [-0.1, -0.05) is 0 Å². The first-order valence-electron chi connectivity index (χ1n) is 4.36. The molecule has 2 rings (SSSR count). The lowest BCUT2D eigenvalue weighted by atomic mass is 10.2. The van der Waals surface area contributed by atoms with Gasteiger partial charge in [-0.3, -0.25) is 0 Å². The molecule has 1 saturated heterocycles. The van der Waals surface area contributed by atoms with Crippen molar-refractivity contribution in [1.29, 1.82) is 5.26 Å². The molecule has 0 aliphatic carbocycles. The van der Waals surface area contributed by atoms with Gasteiger partial charge in [0.05, 0.1) is 6.07 Å². The normalized spacial score (nSPS) is 39.6. The first-order valence-corrected chi connectivity index (χ1v) is 4.36. The predicted octanol–water partition coefficient (Wildman–Crippen LogP) is 0.299. The summed E-state index contributed by atoms with van der Waals surface area (Å²) < 4.78 is 5.30. The molecule has 0 bridgehead atoms. The molecule has 3 atom stereocenters. The van der Waals surface area contributed by atoms with E-state index in [1.165, 1.54) is 0 Å². The number of nitriles is 1. The van der Waals surface area contributed by atoms with Crippen molar-refractivity contribution in [2.24, 2.45) is 0 Å². The fourth-order valence-electron chi connectivity index (χ4n) is 1.68. The average Bonchev–Trinajstić information content (AvgIpc) is 2.84. The minimum atomic E-state index is -1.05. The summed E-state index contributed by atoms with van der Waals surface area (Å²) in [7, 11) is 0. The van der Waals surface area contributed by atoms with Crippen LogP contribution in [-0.4, -0.2) is 34.3 Å². The maximum atomic E-state index is 10.6. The van der Waals surface area contributed by atoms with Crippen molar-refractivity contribution in [1.82, 2.24) is 4.90 Å². The van der Waals surface area contributed by atoms with Crippen LogP contribution in [-0.2, 0) is 9.53 Å². The first kappa shape index (κ1) is 9.03. The summed E-state index contributed by atoms with van der Waals surface area (Å²) in [4.78, 5) is 12.5. The number of carbonyl (C=O) groups is 1. The Hall–Kier alpha value is -1.54. The SMILES string of the molecule is CC1(N2CC2C#N)CC=C(C(=O)O)O1. The molecule has 5 heteroatoms. The lowest BCUT2D eigenvalue weighted by molar-refractivity contribution is -0.141. The summed E-state index contributed by atoms with van der Waals surface area (Å²) in [5.41, 5.74) is -0.631. The smallest absolute Gasteiger partial charge is 0.370 e. The fraction of sp³-hybridized carbons (Fsp3) is 0.556. The van der Waals surface area contributed by atoms with Crippen LogP contribution < -0.4 is 0 Å². The molecule has 5 nitrogen and oxygen atoms in total. The monoisotopic (exact) mass is 194 g/mol. The number of hydrogen-bond acceptors (Lipinski definition) is 4. The van der Waals surface area contributed by atoms with Crippen molar-refractivity contribution in [2.45, 2.75) is 25.1 Å². The maximum Gasteiger partial charge on any atom is 0.370 e. The number of nitrogens with zero attached hydrogens (tertiary/aromatic N) is 2. The minimum Gasteiger partial charge on any atom is -0.475 e. The molecule has 0 aromatic carbocycles. The molecule has 0 radical (unpaired) electrons. The van der Waals surface area contributed by atoms with E-state index in [4.69, 9.17) is 15.1 Å². The van der Waals surface area contributed by atoms with Crippen LogP contribution in [0.25, 0.3) is 0 Å². The highest BCUT2D eigenvalue weighted by molar-refractivity contribution is 5.84. The van der Waals surface area contributed by atoms with Crippen molar-refractivity contribution in [3.8, 4) is 6.07 Å². The van der Waals surface area contributed by atoms with Crippen molar-refractivity contribution in [3.05, 3.63) is 11.8 Å². The van der Waals surface area contributed by atoms with Crippen LogP contribution in [0.4, 0.5) is 0 Å². The van der Waals surface area contributed by atoms with E-state index in [1.54, 1.807) is 13.0 Å². The predicted molar refractivity (Wildman–Crippen MR) is 45.9 cm³/mol. The molecule has 2 heterocycles. The van der Waals surface area contributed by atoms with Crippen LogP contribution in [0.1, 0.15) is 13.3 Å². The number of carboxylic acids is 1. The highest BCUT2D eigenvalue weighted by atomic mass is 16.5. The largest absolute Gasteiger partial charge is 0.475 e. The van der Waals surface area contributed by atoms with Gasteiger partial charge in [0, 0.05) is 13.0 Å². The highest BCUT2D eigenvalue weighted by Crippen LogP contribution is 2.38. The van der Waals surface area contributed by atoms with Crippen LogP contribution in [0.3, 0.4) is 0 Å². The van der Waals surface area contributed by atoms with Crippen LogP contribution in [0.5, 0.6) is 0 Å². The van der Waals surface area contributed by atoms with Crippen LogP contribution >= 0.6 is 0 Å². The van der Waals surface area contributed by atoms with Crippen molar-refractivity contribution < 1.29 is 14.6 Å². The third-order valence-electron chi connectivity index (χ3n) is 2.58. The standard InChI is InChI=1S/C9H10N2O3/c1-9(11-5-6(11)4-10)3-2-7(14-9)8(12)13/h2,6H,3,5H2,1H3,(H,12,13). The Morgan fingerprint density at radius 3 is 3.07 bits per heavy atom. The van der Waals surface area contributed by atoms with Gasteiger partial charge in [-0.2, -0.15) is 5.26 Å². The second-order valence-electron chi connectivity index (χ2n) is 3.65. The topological polar surface area (TPSA) is 73.3 Å². The summed E-state index contributed by atoms with van der Waals surface area (Å²) in [6, 6.07) is 1.99. The van der Waals surface area contributed by atoms with E-state index in [1.807, 2.05) is 4.90 Å². The first-order chi connectivity index (χ1) is 6.57. The van der Waals surface area contributed by atoms with Gasteiger partial charge in [-0.15, -0.1) is 0 Å². The molecular formula is C9H10N2O3. The number of rotatable bonds is 2. The zero-order valence-corrected chi connectivity index (χ0v) is 7.73. The van der Waals surface area contributed by atoms with E-state index in [-0.39, 0.29) is 11.8 Å². The molecule has 2 aliphatic heterocycles. The van der Waals surface area contributed by atoms with E-state index < -0.39 is 11.7 Å². The second-order valence-corrected chi connectivity index (χ2v) is 3.65. The lowest BCUT2D eigenvalue weighted by Crippen LogP contribution is -2.35. The quantitative estimate of drug-likeness (QED) is 0.640. The third-order valence-corrected chi connectivity index (χ3v) is 2.58. The van der Waals surface area contributed by atoms with Gasteiger partial charge in [-0.05, 0) is 13.0 Å². The van der Waals surface area contributed by atoms with Gasteiger partial charge in [0.25, 0.3) is 0 Å². The zero-order valence-electron chi connectivity index (χ0n) is 7.73. The Morgan fingerprint density at radius 1 is 1.93 bits per heavy atom. The molecule has 1 N–H and O–H groups in total. The summed E-state index contributed by atoms with van der Waals surface area (Å²) in [6.07, 6.45) is 2.07. The molecule has 0 aromatic rings. The van der Waals surface area contributed by atoms with E-state index in [9.17, 15) is 4.79 Å². The minimum absolute atomic E-state index is 0.0175. The molecule has 1 fully saturated rings. The fourth-order valence-corrected chi connectivity index (χ4v) is 1.68. The molecule has 14 heavy (non-hydrogen) atoms. The Kier molecular flexibility index (Phi) is 1.76. The Morgan fingerprint density at radius 2 is 2.64 bits per heavy atom. The molecule has 74 valence electrons. The number of carboxylic acid groups (broad SMARTS) is 1. The van der Waals surface area contributed by atoms with E-state index >= 15 is 0 Å². The molecule has 2 aliphatic rings. The average molecular weight is 194 g/mol. The van der Waals surface area contributed by atoms with Crippen molar-refractivity contribution in [3.63, 3.8) is 0 Å². The second kappa shape index (κ2) is 2.72. The zero-order chi connectivity index (χ0) is 10.3. The lowest BCUT2D eigenvalue weighted by Gasteiger charge is -2.26. The van der Waals surface area contributed by atoms with Gasteiger partial charge in [-0.25, -0.2) is 9.69 Å². The summed E-state index contributed by atoms with van der Waals surface area (Å²) in [5.74, 6) is -1.07. The summed E-state index contributed by atoms with van der Waals surface area (Å²) >= 11 is 0. The highest BCUT2D eigenvalue weighted by Gasteiger charge is 2.51. The summed E-state index contributed by atoms with van der Waals surface area (Å²) in [5, 5.41) is 17.3.